The molecule has 0 saturated heterocycles. The topological polar surface area (TPSA) is 0 Å². The van der Waals surface area contributed by atoms with Crippen molar-refractivity contribution in [2.45, 2.75) is 65.5 Å². The molecule has 0 nitrogen and oxygen atoms in total. The molecule has 44 heavy (non-hydrogen) atoms. The van der Waals surface area contributed by atoms with Gasteiger partial charge in [-0.3, -0.25) is 0 Å². The Morgan fingerprint density at radius 1 is 0.500 bits per heavy atom. The van der Waals surface area contributed by atoms with Crippen LogP contribution < -0.4 is 24.8 Å². The molecule has 0 amide bonds. The summed E-state index contributed by atoms with van der Waals surface area (Å²) in [6.07, 6.45) is 0. The summed E-state index contributed by atoms with van der Waals surface area (Å²) >= 11 is 1.74. The van der Waals surface area contributed by atoms with Gasteiger partial charge in [-0.05, 0) is 22.0 Å². The first kappa shape index (κ1) is 38.0. The monoisotopic (exact) mass is 712 g/mol. The molecule has 6 rings (SSSR count). The summed E-state index contributed by atoms with van der Waals surface area (Å²) in [6.45, 7) is 18.2. The van der Waals surface area contributed by atoms with Crippen LogP contribution in [-0.2, 0) is 34.2 Å². The van der Waals surface area contributed by atoms with Crippen molar-refractivity contribution < 1.29 is 48.1 Å². The summed E-state index contributed by atoms with van der Waals surface area (Å²) < 4.78 is 0. The van der Waals surface area contributed by atoms with E-state index in [4.69, 9.17) is 0 Å². The fourth-order valence-electron chi connectivity index (χ4n) is 5.07. The summed E-state index contributed by atoms with van der Waals surface area (Å²) in [6, 6.07) is 43.7. The molecule has 6 aromatic carbocycles. The Hall–Kier alpha value is -2.22. The van der Waals surface area contributed by atoms with Gasteiger partial charge in [0.05, 0.1) is 0 Å². The van der Waals surface area contributed by atoms with E-state index in [-0.39, 0.29) is 41.1 Å². The van der Waals surface area contributed by atoms with Crippen LogP contribution in [-0.4, -0.2) is 5.43 Å². The number of hydrogen-bond acceptors (Lipinski definition) is 0. The van der Waals surface area contributed by atoms with Gasteiger partial charge in [-0.15, -0.1) is 69.1 Å². The Labute approximate surface area is 293 Å². The fraction of sp³-hybridized carbons (Fsp3) is 0.250. The van der Waals surface area contributed by atoms with E-state index in [2.05, 4.69) is 176 Å². The van der Waals surface area contributed by atoms with Crippen molar-refractivity contribution in [2.24, 2.45) is 0 Å². The Morgan fingerprint density at radius 2 is 0.818 bits per heavy atom. The van der Waals surface area contributed by atoms with Gasteiger partial charge in [0.15, 0.2) is 0 Å². The normalized spacial score (nSPS) is 11.0. The van der Waals surface area contributed by atoms with Crippen LogP contribution in [0.1, 0.15) is 52.7 Å². The van der Waals surface area contributed by atoms with E-state index in [9.17, 15) is 0 Å². The maximum atomic E-state index is 2.34. The van der Waals surface area contributed by atoms with Crippen LogP contribution in [0.25, 0.3) is 43.8 Å². The third-order valence-corrected chi connectivity index (χ3v) is 7.40. The second kappa shape index (κ2) is 16.4. The van der Waals surface area contributed by atoms with Crippen molar-refractivity contribution in [3.8, 4) is 22.3 Å². The van der Waals surface area contributed by atoms with Gasteiger partial charge in [0, 0.05) is 0 Å². The van der Waals surface area contributed by atoms with Gasteiger partial charge < -0.3 is 24.8 Å². The third-order valence-electron chi connectivity index (χ3n) is 7.40. The van der Waals surface area contributed by atoms with Crippen LogP contribution in [0.3, 0.4) is 0 Å². The Morgan fingerprint density at radius 3 is 1.11 bits per heavy atom. The van der Waals surface area contributed by atoms with Crippen molar-refractivity contribution in [1.82, 2.24) is 0 Å². The second-order valence-corrected chi connectivity index (χ2v) is 22.7. The summed E-state index contributed by atoms with van der Waals surface area (Å²) in [5, 5.41) is 5.40. The number of benzene rings is 4. The van der Waals surface area contributed by atoms with Gasteiger partial charge in [0.2, 0.25) is 0 Å². The quantitative estimate of drug-likeness (QED) is 0.156. The van der Waals surface area contributed by atoms with E-state index in [1.54, 1.807) is 23.3 Å². The van der Waals surface area contributed by atoms with Crippen LogP contribution in [0.2, 0.25) is 13.1 Å². The van der Waals surface area contributed by atoms with E-state index in [0.29, 0.717) is 0 Å². The van der Waals surface area contributed by atoms with Crippen molar-refractivity contribution in [2.75, 3.05) is 0 Å². The molecule has 0 fully saturated rings. The molecule has 0 N–H and O–H groups in total. The van der Waals surface area contributed by atoms with E-state index in [0.717, 1.165) is 0 Å². The van der Waals surface area contributed by atoms with Gasteiger partial charge >= 0.3 is 41.9 Å². The van der Waals surface area contributed by atoms with Crippen molar-refractivity contribution >= 4 is 27.0 Å². The number of halogens is 2. The Balaban J connectivity index is 0.000000263. The minimum atomic E-state index is 0. The van der Waals surface area contributed by atoms with Crippen molar-refractivity contribution in [3.05, 3.63) is 132 Å². The SMILES string of the molecule is CC(C)(C)c1cc2c(-c3ccccc3)cccc2[cH-]1.CC(C)(C)c1cc2c(-c3ccccc3)cccc2[cH-]1.C[Si](C)=[Zr+2].[Cl-].[Cl-]. The first-order valence-electron chi connectivity index (χ1n) is 14.9. The second-order valence-electron chi connectivity index (χ2n) is 13.3. The molecule has 0 heterocycles. The van der Waals surface area contributed by atoms with E-state index in [1.165, 1.54) is 54.9 Å². The zero-order valence-electron chi connectivity index (χ0n) is 27.3. The molecule has 0 aromatic heterocycles. The first-order chi connectivity index (χ1) is 19.8. The van der Waals surface area contributed by atoms with Gasteiger partial charge in [-0.1, -0.05) is 125 Å². The number of fused-ring (bicyclic) bond motifs is 2. The Kier molecular flexibility index (Phi) is 14.1. The number of hydrogen-bond donors (Lipinski definition) is 0. The molecule has 0 atom stereocenters. The molecule has 0 aliphatic heterocycles. The summed E-state index contributed by atoms with van der Waals surface area (Å²) in [7, 11) is 0. The standard InChI is InChI=1S/2C19H19.C2H6Si.2ClH.Zr/c2*1-19(2,3)16-12-15-10-7-11-17(18(15)13-16)14-8-5-4-6-9-14;1-3-2;;;/h2*4-13H,1-3H3;1-2H3;2*1H;/q2*-1;;;;+2/p-2. The van der Waals surface area contributed by atoms with Crippen LogP contribution in [0.15, 0.2) is 121 Å². The molecule has 0 aliphatic rings. The van der Waals surface area contributed by atoms with Crippen molar-refractivity contribution in [1.29, 1.82) is 0 Å². The maximum absolute atomic E-state index is 2.34. The zero-order valence-corrected chi connectivity index (χ0v) is 32.3. The largest absolute Gasteiger partial charge is 1.00 e. The van der Waals surface area contributed by atoms with Gasteiger partial charge in [0.1, 0.15) is 0 Å². The fourth-order valence-corrected chi connectivity index (χ4v) is 5.07. The van der Waals surface area contributed by atoms with Crippen LogP contribution in [0.4, 0.5) is 0 Å². The molecule has 228 valence electrons. The molecule has 0 bridgehead atoms. The molecule has 0 aliphatic carbocycles. The minimum Gasteiger partial charge on any atom is -1.00 e. The molecule has 0 spiro atoms. The van der Waals surface area contributed by atoms with Gasteiger partial charge in [-0.25, -0.2) is 0 Å². The summed E-state index contributed by atoms with van der Waals surface area (Å²) in [4.78, 5) is 0. The molecule has 0 unspecified atom stereocenters. The molecule has 4 heteroatoms. The first-order valence-corrected chi connectivity index (χ1v) is 21.1. The summed E-state index contributed by atoms with van der Waals surface area (Å²) in [5.74, 6) is 0. The van der Waals surface area contributed by atoms with Crippen LogP contribution >= 0.6 is 0 Å². The Bertz CT molecular complexity index is 1630. The number of rotatable bonds is 2. The molecule has 0 radical (unpaired) electrons. The third kappa shape index (κ3) is 9.89. The van der Waals surface area contributed by atoms with Crippen LogP contribution in [0.5, 0.6) is 0 Å². The van der Waals surface area contributed by atoms with E-state index in [1.807, 2.05) is 0 Å². The summed E-state index contributed by atoms with van der Waals surface area (Å²) in [5.41, 5.74) is 8.67. The minimum absolute atomic E-state index is 0. The predicted octanol–water partition coefficient (Wildman–Crippen LogP) is 5.84. The van der Waals surface area contributed by atoms with Gasteiger partial charge in [-0.2, -0.15) is 12.1 Å². The average Bonchev–Trinajstić information content (AvgIpc) is 3.59. The zero-order chi connectivity index (χ0) is 30.5. The average molecular weight is 715 g/mol. The smallest absolute Gasteiger partial charge is 1.00 e. The maximum Gasteiger partial charge on any atom is -1.00 e. The predicted molar refractivity (Wildman–Crippen MR) is 185 cm³/mol. The molecular weight excluding hydrogens is 671 g/mol. The van der Waals surface area contributed by atoms with Crippen LogP contribution in [0, 0.1) is 0 Å². The molecular formula is C40H44Cl2SiZr-2. The molecule has 6 aromatic rings. The molecule has 0 saturated carbocycles. The van der Waals surface area contributed by atoms with E-state index < -0.39 is 0 Å². The van der Waals surface area contributed by atoms with Gasteiger partial charge in [0.25, 0.3) is 0 Å². The van der Waals surface area contributed by atoms with E-state index >= 15 is 0 Å². The van der Waals surface area contributed by atoms with Crippen molar-refractivity contribution in [3.63, 3.8) is 0 Å².